The van der Waals surface area contributed by atoms with Crippen LogP contribution >= 0.6 is 15.9 Å². The topological polar surface area (TPSA) is 27.1 Å². The molecule has 0 fully saturated rings. The van der Waals surface area contributed by atoms with Crippen molar-refractivity contribution in [1.82, 2.24) is 9.55 Å². The highest BCUT2D eigenvalue weighted by molar-refractivity contribution is 9.10. The van der Waals surface area contributed by atoms with E-state index in [-0.39, 0.29) is 0 Å². The molecule has 1 aromatic heterocycles. The van der Waals surface area contributed by atoms with Crippen molar-refractivity contribution in [2.45, 2.75) is 39.3 Å². The second-order valence-electron chi connectivity index (χ2n) is 4.97. The summed E-state index contributed by atoms with van der Waals surface area (Å²) in [6.07, 6.45) is 1.98. The minimum atomic E-state index is -0.965. The van der Waals surface area contributed by atoms with Gasteiger partial charge in [-0.2, -0.15) is 0 Å². The quantitative estimate of drug-likeness (QED) is 0.615. The standard InChI is InChI=1S/C10H19BrN2OSi/c1-9-7-13(10(11)12-9)8-14-5-6-15(2,3)4/h7H,5-6,8H2,1-4H3. The number of rotatable bonds is 5. The molecule has 0 N–H and O–H groups in total. The summed E-state index contributed by atoms with van der Waals surface area (Å²) in [5.74, 6) is 0. The van der Waals surface area contributed by atoms with E-state index in [1.54, 1.807) is 0 Å². The summed E-state index contributed by atoms with van der Waals surface area (Å²) in [6, 6.07) is 1.21. The van der Waals surface area contributed by atoms with Crippen LogP contribution in [0.15, 0.2) is 10.9 Å². The second kappa shape index (κ2) is 5.27. The molecule has 0 spiro atoms. The molecule has 15 heavy (non-hydrogen) atoms. The van der Waals surface area contributed by atoms with Gasteiger partial charge in [0.15, 0.2) is 4.73 Å². The van der Waals surface area contributed by atoms with E-state index in [1.807, 2.05) is 17.7 Å². The van der Waals surface area contributed by atoms with E-state index < -0.39 is 8.07 Å². The molecule has 0 saturated carbocycles. The van der Waals surface area contributed by atoms with Gasteiger partial charge in [0.2, 0.25) is 0 Å². The molecule has 0 saturated heterocycles. The minimum Gasteiger partial charge on any atom is -0.361 e. The number of hydrogen-bond donors (Lipinski definition) is 0. The molecule has 1 heterocycles. The van der Waals surface area contributed by atoms with E-state index in [4.69, 9.17) is 4.74 Å². The Morgan fingerprint density at radius 1 is 1.47 bits per heavy atom. The van der Waals surface area contributed by atoms with Gasteiger partial charge in [-0.25, -0.2) is 4.98 Å². The van der Waals surface area contributed by atoms with Crippen molar-refractivity contribution in [2.75, 3.05) is 6.61 Å². The maximum Gasteiger partial charge on any atom is 0.179 e. The zero-order valence-corrected chi connectivity index (χ0v) is 12.5. The van der Waals surface area contributed by atoms with Crippen molar-refractivity contribution in [2.24, 2.45) is 0 Å². The fourth-order valence-corrected chi connectivity index (χ4v) is 2.39. The normalized spacial score (nSPS) is 12.1. The predicted octanol–water partition coefficient (Wildman–Crippen LogP) is 3.27. The SMILES string of the molecule is Cc1cn(COCC[Si](C)(C)C)c(Br)n1. The molecule has 0 aliphatic carbocycles. The molecule has 0 radical (unpaired) electrons. The van der Waals surface area contributed by atoms with E-state index in [2.05, 4.69) is 40.6 Å². The number of hydrogen-bond acceptors (Lipinski definition) is 2. The van der Waals surface area contributed by atoms with Gasteiger partial charge >= 0.3 is 0 Å². The lowest BCUT2D eigenvalue weighted by Crippen LogP contribution is -2.22. The summed E-state index contributed by atoms with van der Waals surface area (Å²) >= 11 is 3.39. The Bertz CT molecular complexity index is 320. The largest absolute Gasteiger partial charge is 0.361 e. The fourth-order valence-electron chi connectivity index (χ4n) is 1.15. The lowest BCUT2D eigenvalue weighted by molar-refractivity contribution is 0.0856. The summed E-state index contributed by atoms with van der Waals surface area (Å²) in [5, 5.41) is 0. The molecule has 3 nitrogen and oxygen atoms in total. The van der Waals surface area contributed by atoms with Crippen molar-refractivity contribution in [3.05, 3.63) is 16.6 Å². The number of halogens is 1. The van der Waals surface area contributed by atoms with Crippen LogP contribution in [0.3, 0.4) is 0 Å². The molecular formula is C10H19BrN2OSi. The maximum atomic E-state index is 5.62. The van der Waals surface area contributed by atoms with Crippen molar-refractivity contribution in [3.63, 3.8) is 0 Å². The average molecular weight is 291 g/mol. The molecule has 0 bridgehead atoms. The Kier molecular flexibility index (Phi) is 4.55. The molecule has 0 atom stereocenters. The third kappa shape index (κ3) is 4.95. The first-order chi connectivity index (χ1) is 6.88. The van der Waals surface area contributed by atoms with Crippen LogP contribution in [0.1, 0.15) is 5.69 Å². The smallest absolute Gasteiger partial charge is 0.179 e. The van der Waals surface area contributed by atoms with Crippen molar-refractivity contribution >= 4 is 24.0 Å². The molecule has 0 aromatic carbocycles. The summed E-state index contributed by atoms with van der Waals surface area (Å²) in [4.78, 5) is 4.25. The van der Waals surface area contributed by atoms with Crippen LogP contribution in [0.2, 0.25) is 25.7 Å². The van der Waals surface area contributed by atoms with Gasteiger partial charge in [-0.1, -0.05) is 19.6 Å². The molecule has 0 aliphatic heterocycles. The van der Waals surface area contributed by atoms with Crippen LogP contribution in [0.5, 0.6) is 0 Å². The predicted molar refractivity (Wildman–Crippen MR) is 68.8 cm³/mol. The highest BCUT2D eigenvalue weighted by Gasteiger charge is 2.12. The van der Waals surface area contributed by atoms with Crippen LogP contribution in [0, 0.1) is 6.92 Å². The Morgan fingerprint density at radius 2 is 2.13 bits per heavy atom. The highest BCUT2D eigenvalue weighted by atomic mass is 79.9. The first-order valence-corrected chi connectivity index (χ1v) is 9.65. The van der Waals surface area contributed by atoms with Gasteiger partial charge in [0.1, 0.15) is 6.73 Å². The third-order valence-corrected chi connectivity index (χ3v) is 4.41. The van der Waals surface area contributed by atoms with E-state index in [1.165, 1.54) is 6.04 Å². The molecule has 0 amide bonds. The number of aryl methyl sites for hydroxylation is 1. The Labute approximate surface area is 101 Å². The van der Waals surface area contributed by atoms with Crippen molar-refractivity contribution < 1.29 is 4.74 Å². The number of imidazole rings is 1. The molecule has 0 aliphatic rings. The fraction of sp³-hybridized carbons (Fsp3) is 0.700. The van der Waals surface area contributed by atoms with Crippen LogP contribution in [0.25, 0.3) is 0 Å². The van der Waals surface area contributed by atoms with Crippen LogP contribution in [-0.2, 0) is 11.5 Å². The number of aromatic nitrogens is 2. The van der Waals surface area contributed by atoms with Gasteiger partial charge < -0.3 is 9.30 Å². The monoisotopic (exact) mass is 290 g/mol. The zero-order chi connectivity index (χ0) is 11.5. The number of nitrogens with zero attached hydrogens (tertiary/aromatic N) is 2. The molecule has 0 unspecified atom stereocenters. The zero-order valence-electron chi connectivity index (χ0n) is 9.88. The summed E-state index contributed by atoms with van der Waals surface area (Å²) in [5.41, 5.74) is 1.01. The maximum absolute atomic E-state index is 5.62. The Balaban J connectivity index is 2.29. The van der Waals surface area contributed by atoms with Crippen LogP contribution in [-0.4, -0.2) is 24.2 Å². The molecular weight excluding hydrogens is 272 g/mol. The van der Waals surface area contributed by atoms with E-state index in [0.717, 1.165) is 17.0 Å². The van der Waals surface area contributed by atoms with Crippen molar-refractivity contribution in [1.29, 1.82) is 0 Å². The lowest BCUT2D eigenvalue weighted by Gasteiger charge is -2.15. The lowest BCUT2D eigenvalue weighted by atomic mass is 10.6. The first kappa shape index (κ1) is 12.9. The van der Waals surface area contributed by atoms with Crippen LogP contribution in [0.4, 0.5) is 0 Å². The molecule has 1 rings (SSSR count). The molecule has 1 aromatic rings. The molecule has 86 valence electrons. The van der Waals surface area contributed by atoms with E-state index in [9.17, 15) is 0 Å². The Hall–Kier alpha value is -0.133. The number of ether oxygens (including phenoxy) is 1. The summed E-state index contributed by atoms with van der Waals surface area (Å²) in [6.45, 7) is 10.5. The molecule has 5 heteroatoms. The summed E-state index contributed by atoms with van der Waals surface area (Å²) in [7, 11) is -0.965. The average Bonchev–Trinajstić information content (AvgIpc) is 2.37. The van der Waals surface area contributed by atoms with E-state index in [0.29, 0.717) is 6.73 Å². The third-order valence-electron chi connectivity index (χ3n) is 2.08. The summed E-state index contributed by atoms with van der Waals surface area (Å²) < 4.78 is 8.43. The van der Waals surface area contributed by atoms with Gasteiger partial charge in [0.25, 0.3) is 0 Å². The van der Waals surface area contributed by atoms with Gasteiger partial charge in [-0.05, 0) is 28.9 Å². The van der Waals surface area contributed by atoms with E-state index >= 15 is 0 Å². The highest BCUT2D eigenvalue weighted by Crippen LogP contribution is 2.11. The first-order valence-electron chi connectivity index (χ1n) is 5.15. The van der Waals surface area contributed by atoms with Crippen molar-refractivity contribution in [3.8, 4) is 0 Å². The second-order valence-corrected chi connectivity index (χ2v) is 11.3. The van der Waals surface area contributed by atoms with Gasteiger partial charge in [0.05, 0.1) is 5.69 Å². The van der Waals surface area contributed by atoms with Gasteiger partial charge in [-0.15, -0.1) is 0 Å². The minimum absolute atomic E-state index is 0.589. The van der Waals surface area contributed by atoms with Crippen LogP contribution < -0.4 is 0 Å². The Morgan fingerprint density at radius 3 is 2.60 bits per heavy atom. The van der Waals surface area contributed by atoms with Gasteiger partial charge in [0, 0.05) is 20.9 Å². The van der Waals surface area contributed by atoms with Gasteiger partial charge in [-0.3, -0.25) is 0 Å².